The Kier molecular flexibility index (Phi) is 3.34. The van der Waals surface area contributed by atoms with E-state index in [4.69, 9.17) is 9.97 Å². The van der Waals surface area contributed by atoms with Crippen molar-refractivity contribution >= 4 is 60.3 Å². The van der Waals surface area contributed by atoms with Crippen molar-refractivity contribution in [3.63, 3.8) is 0 Å². The van der Waals surface area contributed by atoms with Crippen LogP contribution in [-0.2, 0) is 0 Å². The maximum absolute atomic E-state index is 5.02. The molecule has 0 aliphatic carbocycles. The van der Waals surface area contributed by atoms with Crippen LogP contribution in [0.1, 0.15) is 0 Å². The van der Waals surface area contributed by atoms with Crippen molar-refractivity contribution in [2.24, 2.45) is 0 Å². The van der Waals surface area contributed by atoms with Gasteiger partial charge in [0.2, 0.25) is 0 Å². The fourth-order valence-electron chi connectivity index (χ4n) is 5.46. The highest BCUT2D eigenvalue weighted by atomic mass is 15.0. The van der Waals surface area contributed by atoms with Gasteiger partial charge in [0.05, 0.1) is 33.8 Å². The minimum atomic E-state index is 0.879. The van der Waals surface area contributed by atoms with Gasteiger partial charge in [-0.05, 0) is 42.5 Å². The van der Waals surface area contributed by atoms with E-state index in [0.29, 0.717) is 0 Å². The molecule has 0 radical (unpaired) electrons. The number of hydrogen-bond acceptors (Lipinski definition) is 3. The maximum Gasteiger partial charge on any atom is 0.146 e. The lowest BCUT2D eigenvalue weighted by molar-refractivity contribution is 1.19. The second-order valence-corrected chi connectivity index (χ2v) is 8.58. The van der Waals surface area contributed by atoms with Crippen LogP contribution in [0.5, 0.6) is 0 Å². The summed E-state index contributed by atoms with van der Waals surface area (Å²) in [5.41, 5.74) is 8.30. The largest absolute Gasteiger partial charge is 0.309 e. The molecular weight excluding hydrogens is 418 g/mol. The molecule has 0 saturated heterocycles. The fraction of sp³-hybridized carbons (Fsp3) is 0. The van der Waals surface area contributed by atoms with Gasteiger partial charge < -0.3 is 4.57 Å². The Hall–Kier alpha value is -4.77. The number of rotatable bonds is 1. The molecule has 5 aromatic heterocycles. The summed E-state index contributed by atoms with van der Waals surface area (Å²) in [6, 6.07) is 29.7. The van der Waals surface area contributed by atoms with Crippen molar-refractivity contribution in [2.45, 2.75) is 0 Å². The third kappa shape index (κ3) is 2.16. The molecule has 0 atom stereocenters. The van der Waals surface area contributed by atoms with Gasteiger partial charge in [-0.1, -0.05) is 42.5 Å². The summed E-state index contributed by atoms with van der Waals surface area (Å²) in [7, 11) is 0. The van der Waals surface area contributed by atoms with Gasteiger partial charge in [0.1, 0.15) is 11.2 Å². The molecule has 5 nitrogen and oxygen atoms in total. The van der Waals surface area contributed by atoms with E-state index in [1.165, 1.54) is 16.3 Å². The van der Waals surface area contributed by atoms with E-state index in [-0.39, 0.29) is 0 Å². The van der Waals surface area contributed by atoms with Crippen molar-refractivity contribution < 1.29 is 0 Å². The highest BCUT2D eigenvalue weighted by Crippen LogP contribution is 2.40. The zero-order valence-corrected chi connectivity index (χ0v) is 18.1. The summed E-state index contributed by atoms with van der Waals surface area (Å²) in [6.07, 6.45) is 5.53. The Morgan fingerprint density at radius 2 is 1.44 bits per heavy atom. The maximum atomic E-state index is 5.02. The lowest BCUT2D eigenvalue weighted by Gasteiger charge is -2.13. The number of benzene rings is 3. The van der Waals surface area contributed by atoms with E-state index in [2.05, 4.69) is 86.7 Å². The third-order valence-corrected chi connectivity index (χ3v) is 6.81. The first-order valence-corrected chi connectivity index (χ1v) is 11.3. The molecule has 34 heavy (non-hydrogen) atoms. The van der Waals surface area contributed by atoms with Gasteiger partial charge in [0.15, 0.2) is 0 Å². The number of pyridine rings is 3. The molecule has 158 valence electrons. The van der Waals surface area contributed by atoms with Gasteiger partial charge >= 0.3 is 0 Å². The summed E-state index contributed by atoms with van der Waals surface area (Å²) in [5.74, 6) is 0. The highest BCUT2D eigenvalue weighted by molar-refractivity contribution is 6.27. The normalized spacial score (nSPS) is 12.1. The SMILES string of the molecule is c1ccc(-n2c3ccccc3c3ccc4c(c5ncccc5n5c6ccncc6nc45)c32)cc1. The first kappa shape index (κ1) is 17.7. The van der Waals surface area contributed by atoms with Gasteiger partial charge in [-0.25, -0.2) is 4.98 Å². The smallest absolute Gasteiger partial charge is 0.146 e. The Morgan fingerprint density at radius 1 is 0.618 bits per heavy atom. The van der Waals surface area contributed by atoms with Gasteiger partial charge in [-0.15, -0.1) is 0 Å². The average Bonchev–Trinajstić information content (AvgIpc) is 3.46. The number of para-hydroxylation sites is 2. The van der Waals surface area contributed by atoms with Gasteiger partial charge in [-0.3, -0.25) is 14.4 Å². The predicted octanol–water partition coefficient (Wildman–Crippen LogP) is 6.68. The quantitative estimate of drug-likeness (QED) is 0.270. The van der Waals surface area contributed by atoms with Gasteiger partial charge in [0, 0.05) is 39.6 Å². The monoisotopic (exact) mass is 435 g/mol. The Bertz CT molecular complexity index is 2070. The molecule has 5 heteroatoms. The molecule has 0 aliphatic rings. The van der Waals surface area contributed by atoms with E-state index in [0.717, 1.165) is 49.7 Å². The highest BCUT2D eigenvalue weighted by Gasteiger charge is 2.20. The molecule has 0 unspecified atom stereocenters. The summed E-state index contributed by atoms with van der Waals surface area (Å²) < 4.78 is 4.57. The number of aromatic nitrogens is 5. The van der Waals surface area contributed by atoms with Crippen LogP contribution >= 0.6 is 0 Å². The number of hydrogen-bond donors (Lipinski definition) is 0. The molecule has 3 aromatic carbocycles. The first-order valence-electron chi connectivity index (χ1n) is 11.3. The van der Waals surface area contributed by atoms with E-state index in [1.807, 2.05) is 30.7 Å². The van der Waals surface area contributed by atoms with Gasteiger partial charge in [0.25, 0.3) is 0 Å². The molecule has 0 fully saturated rings. The summed E-state index contributed by atoms with van der Waals surface area (Å²) in [4.78, 5) is 14.2. The van der Waals surface area contributed by atoms with Crippen molar-refractivity contribution in [1.29, 1.82) is 0 Å². The van der Waals surface area contributed by atoms with Crippen molar-refractivity contribution in [3.05, 3.63) is 104 Å². The topological polar surface area (TPSA) is 48.0 Å². The Balaban J connectivity index is 1.73. The predicted molar refractivity (Wildman–Crippen MR) is 138 cm³/mol. The molecule has 0 bridgehead atoms. The number of fused-ring (bicyclic) bond motifs is 12. The minimum Gasteiger partial charge on any atom is -0.309 e. The second kappa shape index (κ2) is 6.39. The van der Waals surface area contributed by atoms with Crippen LogP contribution in [0.3, 0.4) is 0 Å². The Morgan fingerprint density at radius 3 is 2.38 bits per heavy atom. The second-order valence-electron chi connectivity index (χ2n) is 8.58. The number of imidazole rings is 1. The molecular formula is C29H17N5. The molecule has 0 amide bonds. The van der Waals surface area contributed by atoms with Crippen LogP contribution in [0.25, 0.3) is 66.0 Å². The van der Waals surface area contributed by atoms with E-state index < -0.39 is 0 Å². The summed E-state index contributed by atoms with van der Waals surface area (Å²) in [5, 5.41) is 4.63. The van der Waals surface area contributed by atoms with E-state index in [1.54, 1.807) is 0 Å². The van der Waals surface area contributed by atoms with Crippen LogP contribution in [0.15, 0.2) is 104 Å². The fourth-order valence-corrected chi connectivity index (χ4v) is 5.46. The first-order chi connectivity index (χ1) is 16.9. The molecule has 0 saturated carbocycles. The molecule has 0 N–H and O–H groups in total. The van der Waals surface area contributed by atoms with Crippen LogP contribution in [-0.4, -0.2) is 23.9 Å². The molecule has 8 aromatic rings. The molecule has 5 heterocycles. The van der Waals surface area contributed by atoms with Crippen molar-refractivity contribution in [2.75, 3.05) is 0 Å². The zero-order valence-electron chi connectivity index (χ0n) is 18.1. The van der Waals surface area contributed by atoms with Crippen LogP contribution < -0.4 is 0 Å². The van der Waals surface area contributed by atoms with Crippen molar-refractivity contribution in [3.8, 4) is 5.69 Å². The lowest BCUT2D eigenvalue weighted by atomic mass is 10.0. The van der Waals surface area contributed by atoms with Crippen molar-refractivity contribution in [1.82, 2.24) is 23.9 Å². The zero-order chi connectivity index (χ0) is 22.2. The van der Waals surface area contributed by atoms with Crippen LogP contribution in [0.2, 0.25) is 0 Å². The van der Waals surface area contributed by atoms with E-state index >= 15 is 0 Å². The van der Waals surface area contributed by atoms with E-state index in [9.17, 15) is 0 Å². The summed E-state index contributed by atoms with van der Waals surface area (Å²) >= 11 is 0. The van der Waals surface area contributed by atoms with Crippen LogP contribution in [0.4, 0.5) is 0 Å². The lowest BCUT2D eigenvalue weighted by Crippen LogP contribution is -1.97. The molecule has 8 rings (SSSR count). The third-order valence-electron chi connectivity index (χ3n) is 6.81. The van der Waals surface area contributed by atoms with Crippen LogP contribution in [0, 0.1) is 0 Å². The molecule has 0 aliphatic heterocycles. The average molecular weight is 435 g/mol. The molecule has 0 spiro atoms. The summed E-state index contributed by atoms with van der Waals surface area (Å²) in [6.45, 7) is 0. The standard InChI is InChI=1S/C29H17N5/c1-2-7-18(8-3-1)33-23-10-5-4-9-19(23)20-12-13-21-26(28(20)33)27-25(11-6-15-31-27)34-24-14-16-30-17-22(24)32-29(21)34/h1-17H. The minimum absolute atomic E-state index is 0.879. The Labute approximate surface area is 193 Å². The number of nitrogens with zero attached hydrogens (tertiary/aromatic N) is 5. The van der Waals surface area contributed by atoms with Gasteiger partial charge in [-0.2, -0.15) is 0 Å².